The molecule has 0 saturated heterocycles. The van der Waals surface area contributed by atoms with Gasteiger partial charge in [-0.1, -0.05) is 18.2 Å². The molecular formula is C18H16N4O3. The highest BCUT2D eigenvalue weighted by molar-refractivity contribution is 6.00. The first-order chi connectivity index (χ1) is 12.1. The van der Waals surface area contributed by atoms with E-state index in [0.717, 1.165) is 5.69 Å². The zero-order valence-corrected chi connectivity index (χ0v) is 13.2. The van der Waals surface area contributed by atoms with Crippen molar-refractivity contribution >= 4 is 17.5 Å². The van der Waals surface area contributed by atoms with Gasteiger partial charge in [0, 0.05) is 18.0 Å². The van der Waals surface area contributed by atoms with Crippen LogP contribution in [0.5, 0.6) is 5.75 Å². The fourth-order valence-electron chi connectivity index (χ4n) is 2.29. The molecule has 3 aromatic rings. The van der Waals surface area contributed by atoms with Crippen LogP contribution in [0.2, 0.25) is 0 Å². The van der Waals surface area contributed by atoms with Crippen molar-refractivity contribution in [3.8, 4) is 11.4 Å². The van der Waals surface area contributed by atoms with Gasteiger partial charge in [-0.25, -0.2) is 4.68 Å². The lowest BCUT2D eigenvalue weighted by molar-refractivity contribution is -0.115. The van der Waals surface area contributed by atoms with Crippen LogP contribution in [0.3, 0.4) is 0 Å². The molecular weight excluding hydrogens is 320 g/mol. The molecule has 1 heterocycles. The second-order valence-corrected chi connectivity index (χ2v) is 5.25. The van der Waals surface area contributed by atoms with Crippen molar-refractivity contribution in [3.63, 3.8) is 0 Å². The summed E-state index contributed by atoms with van der Waals surface area (Å²) in [5.41, 5.74) is 1.59. The number of nitrogens with one attached hydrogen (secondary N) is 2. The first-order valence-electron chi connectivity index (χ1n) is 7.59. The van der Waals surface area contributed by atoms with Crippen molar-refractivity contribution in [2.75, 3.05) is 11.9 Å². The van der Waals surface area contributed by atoms with Crippen LogP contribution < -0.4 is 10.6 Å². The summed E-state index contributed by atoms with van der Waals surface area (Å²) in [6, 6.07) is 14.9. The van der Waals surface area contributed by atoms with Gasteiger partial charge in [-0.2, -0.15) is 5.10 Å². The van der Waals surface area contributed by atoms with Crippen molar-refractivity contribution < 1.29 is 14.7 Å². The Bertz CT molecular complexity index is 891. The molecule has 0 aliphatic heterocycles. The highest BCUT2D eigenvalue weighted by atomic mass is 16.3. The molecule has 0 fully saturated rings. The van der Waals surface area contributed by atoms with Crippen LogP contribution in [-0.2, 0) is 4.79 Å². The summed E-state index contributed by atoms with van der Waals surface area (Å²) < 4.78 is 1.64. The van der Waals surface area contributed by atoms with Crippen LogP contribution in [0.1, 0.15) is 10.4 Å². The summed E-state index contributed by atoms with van der Waals surface area (Å²) in [6.07, 6.45) is 3.42. The second-order valence-electron chi connectivity index (χ2n) is 5.25. The standard InChI is InChI=1S/C18H16N4O3/c23-14-6-3-5-13(11-14)18(25)19-12-17(24)21-15-7-1-2-8-16(15)22-10-4-9-20-22/h1-11,23H,12H2,(H,19,25)(H,21,24). The lowest BCUT2D eigenvalue weighted by Crippen LogP contribution is -2.33. The van der Waals surface area contributed by atoms with Crippen LogP contribution in [0.15, 0.2) is 67.0 Å². The van der Waals surface area contributed by atoms with Crippen LogP contribution in [0, 0.1) is 0 Å². The molecule has 2 aromatic carbocycles. The number of carbonyl (C=O) groups is 2. The fraction of sp³-hybridized carbons (Fsp3) is 0.0556. The molecule has 0 unspecified atom stereocenters. The summed E-state index contributed by atoms with van der Waals surface area (Å²) >= 11 is 0. The third-order valence-electron chi connectivity index (χ3n) is 3.45. The summed E-state index contributed by atoms with van der Waals surface area (Å²) in [5, 5.41) is 18.8. The lowest BCUT2D eigenvalue weighted by atomic mass is 10.2. The Balaban J connectivity index is 1.63. The fourth-order valence-corrected chi connectivity index (χ4v) is 2.29. The quantitative estimate of drug-likeness (QED) is 0.663. The molecule has 0 spiro atoms. The van der Waals surface area contributed by atoms with Gasteiger partial charge in [0.2, 0.25) is 5.91 Å². The van der Waals surface area contributed by atoms with Crippen molar-refractivity contribution in [2.45, 2.75) is 0 Å². The molecule has 7 nitrogen and oxygen atoms in total. The van der Waals surface area contributed by atoms with Gasteiger partial charge in [-0.15, -0.1) is 0 Å². The molecule has 1 aromatic heterocycles. The molecule has 0 aliphatic rings. The molecule has 0 aliphatic carbocycles. The number of para-hydroxylation sites is 2. The zero-order valence-electron chi connectivity index (χ0n) is 13.2. The minimum atomic E-state index is -0.439. The molecule has 126 valence electrons. The molecule has 3 N–H and O–H groups in total. The maximum Gasteiger partial charge on any atom is 0.251 e. The molecule has 2 amide bonds. The number of amides is 2. The number of phenolic OH excluding ortho intramolecular Hbond substituents is 1. The number of carbonyl (C=O) groups excluding carboxylic acids is 2. The van der Waals surface area contributed by atoms with Crippen LogP contribution >= 0.6 is 0 Å². The maximum atomic E-state index is 12.1. The van der Waals surface area contributed by atoms with E-state index in [2.05, 4.69) is 15.7 Å². The highest BCUT2D eigenvalue weighted by Crippen LogP contribution is 2.18. The first-order valence-corrected chi connectivity index (χ1v) is 7.59. The van der Waals surface area contributed by atoms with E-state index in [0.29, 0.717) is 5.69 Å². The minimum Gasteiger partial charge on any atom is -0.508 e. The number of nitrogens with zero attached hydrogens (tertiary/aromatic N) is 2. The van der Waals surface area contributed by atoms with Gasteiger partial charge >= 0.3 is 0 Å². The van der Waals surface area contributed by atoms with Gasteiger partial charge < -0.3 is 15.7 Å². The Morgan fingerprint density at radius 3 is 2.68 bits per heavy atom. The summed E-state index contributed by atoms with van der Waals surface area (Å²) in [7, 11) is 0. The van der Waals surface area contributed by atoms with Gasteiger partial charge in [0.05, 0.1) is 17.9 Å². The summed E-state index contributed by atoms with van der Waals surface area (Å²) in [6.45, 7) is -0.193. The van der Waals surface area contributed by atoms with E-state index < -0.39 is 5.91 Å². The van der Waals surface area contributed by atoms with E-state index >= 15 is 0 Å². The molecule has 25 heavy (non-hydrogen) atoms. The molecule has 0 radical (unpaired) electrons. The number of benzene rings is 2. The van der Waals surface area contributed by atoms with E-state index in [4.69, 9.17) is 0 Å². The number of phenols is 1. The van der Waals surface area contributed by atoms with Crippen LogP contribution in [0.25, 0.3) is 5.69 Å². The lowest BCUT2D eigenvalue weighted by Gasteiger charge is -2.11. The van der Waals surface area contributed by atoms with Crippen molar-refractivity contribution in [1.29, 1.82) is 0 Å². The maximum absolute atomic E-state index is 12.1. The van der Waals surface area contributed by atoms with E-state index in [1.54, 1.807) is 47.4 Å². The van der Waals surface area contributed by atoms with Gasteiger partial charge in [-0.05, 0) is 36.4 Å². The topological polar surface area (TPSA) is 96.3 Å². The van der Waals surface area contributed by atoms with Crippen LogP contribution in [0.4, 0.5) is 5.69 Å². The molecule has 3 rings (SSSR count). The van der Waals surface area contributed by atoms with Gasteiger partial charge in [0.15, 0.2) is 0 Å². The van der Waals surface area contributed by atoms with Gasteiger partial charge in [-0.3, -0.25) is 9.59 Å². The monoisotopic (exact) mass is 336 g/mol. The van der Waals surface area contributed by atoms with E-state index in [9.17, 15) is 14.7 Å². The van der Waals surface area contributed by atoms with Crippen molar-refractivity contribution in [1.82, 2.24) is 15.1 Å². The average Bonchev–Trinajstić information content (AvgIpc) is 3.14. The summed E-state index contributed by atoms with van der Waals surface area (Å²) in [4.78, 5) is 24.1. The zero-order chi connectivity index (χ0) is 17.6. The predicted octanol–water partition coefficient (Wildman–Crippen LogP) is 1.95. The molecule has 0 saturated carbocycles. The number of rotatable bonds is 5. The van der Waals surface area contributed by atoms with Gasteiger partial charge in [0.25, 0.3) is 5.91 Å². The first kappa shape index (κ1) is 16.3. The Hall–Kier alpha value is -3.61. The van der Waals surface area contributed by atoms with E-state index in [1.165, 1.54) is 12.1 Å². The average molecular weight is 336 g/mol. The summed E-state index contributed by atoms with van der Waals surface area (Å²) in [5.74, 6) is -0.815. The number of aromatic hydroxyl groups is 1. The Morgan fingerprint density at radius 1 is 1.08 bits per heavy atom. The molecule has 0 bridgehead atoms. The Kier molecular flexibility index (Phi) is 4.75. The minimum absolute atomic E-state index is 0.00903. The second kappa shape index (κ2) is 7.31. The third-order valence-corrected chi connectivity index (χ3v) is 3.45. The number of hydrogen-bond donors (Lipinski definition) is 3. The SMILES string of the molecule is O=C(CNC(=O)c1cccc(O)c1)Nc1ccccc1-n1cccn1. The third kappa shape index (κ3) is 4.03. The van der Waals surface area contributed by atoms with E-state index in [1.807, 2.05) is 12.1 Å². The number of aromatic nitrogens is 2. The molecule has 7 heteroatoms. The van der Waals surface area contributed by atoms with Crippen molar-refractivity contribution in [3.05, 3.63) is 72.6 Å². The largest absolute Gasteiger partial charge is 0.508 e. The number of hydrogen-bond acceptors (Lipinski definition) is 4. The molecule has 0 atom stereocenters. The number of anilines is 1. The normalized spacial score (nSPS) is 10.2. The highest BCUT2D eigenvalue weighted by Gasteiger charge is 2.11. The van der Waals surface area contributed by atoms with Gasteiger partial charge in [0.1, 0.15) is 5.75 Å². The smallest absolute Gasteiger partial charge is 0.251 e. The predicted molar refractivity (Wildman–Crippen MR) is 92.6 cm³/mol. The Labute approximate surface area is 143 Å². The Morgan fingerprint density at radius 2 is 1.92 bits per heavy atom. The van der Waals surface area contributed by atoms with E-state index in [-0.39, 0.29) is 23.8 Å². The van der Waals surface area contributed by atoms with Crippen molar-refractivity contribution in [2.24, 2.45) is 0 Å². The van der Waals surface area contributed by atoms with Crippen LogP contribution in [-0.4, -0.2) is 33.2 Å².